The van der Waals surface area contributed by atoms with Gasteiger partial charge in [0.15, 0.2) is 5.65 Å². The van der Waals surface area contributed by atoms with E-state index in [1.807, 2.05) is 18.5 Å². The fourth-order valence-corrected chi connectivity index (χ4v) is 1.68. The fourth-order valence-electron chi connectivity index (χ4n) is 1.68. The van der Waals surface area contributed by atoms with Gasteiger partial charge >= 0.3 is 0 Å². The molecule has 0 aliphatic heterocycles. The normalized spacial score (nSPS) is 11.5. The molecule has 0 amide bonds. The van der Waals surface area contributed by atoms with Gasteiger partial charge in [0.2, 0.25) is 0 Å². The van der Waals surface area contributed by atoms with Crippen LogP contribution >= 0.6 is 0 Å². The van der Waals surface area contributed by atoms with Gasteiger partial charge in [-0.2, -0.15) is 5.10 Å². The molecule has 14 heavy (non-hydrogen) atoms. The Hall–Kier alpha value is -1.45. The Balaban J connectivity index is 2.84. The number of rotatable bonds is 1. The van der Waals surface area contributed by atoms with Gasteiger partial charge < -0.3 is 0 Å². The Kier molecular flexibility index (Phi) is 1.98. The molecular formula is C10H14N4. The maximum Gasteiger partial charge on any atom is 0.161 e. The number of hydrogen-bond acceptors (Lipinski definition) is 3. The number of hydrogen-bond donors (Lipinski definition) is 0. The molecule has 2 aromatic rings. The Bertz CT molecular complexity index is 470. The highest BCUT2D eigenvalue weighted by molar-refractivity contribution is 5.80. The lowest BCUT2D eigenvalue weighted by atomic mass is 10.2. The number of nitrogens with zero attached hydrogens (tertiary/aromatic N) is 4. The summed E-state index contributed by atoms with van der Waals surface area (Å²) in [4.78, 5) is 8.45. The lowest BCUT2D eigenvalue weighted by molar-refractivity contribution is 0.542. The van der Waals surface area contributed by atoms with E-state index in [1.165, 1.54) is 0 Å². The second-order valence-corrected chi connectivity index (χ2v) is 3.78. The van der Waals surface area contributed by atoms with Crippen LogP contribution in [0.15, 0.2) is 6.33 Å². The first-order valence-electron chi connectivity index (χ1n) is 4.77. The zero-order valence-corrected chi connectivity index (χ0v) is 8.94. The van der Waals surface area contributed by atoms with Crippen LogP contribution in [-0.4, -0.2) is 19.7 Å². The molecule has 2 aromatic heterocycles. The van der Waals surface area contributed by atoms with E-state index in [9.17, 15) is 0 Å². The summed E-state index contributed by atoms with van der Waals surface area (Å²) >= 11 is 0. The number of aromatic nitrogens is 4. The summed E-state index contributed by atoms with van der Waals surface area (Å²) in [7, 11) is 0. The number of fused-ring (bicyclic) bond motifs is 1. The SMILES string of the molecule is Cc1ncnc2c1c(C)nn2C(C)C. The van der Waals surface area contributed by atoms with E-state index in [2.05, 4.69) is 28.9 Å². The van der Waals surface area contributed by atoms with E-state index in [4.69, 9.17) is 0 Å². The highest BCUT2D eigenvalue weighted by atomic mass is 15.3. The fraction of sp³-hybridized carbons (Fsp3) is 0.500. The van der Waals surface area contributed by atoms with Crippen molar-refractivity contribution in [1.82, 2.24) is 19.7 Å². The second kappa shape index (κ2) is 3.04. The molecule has 0 aliphatic rings. The third-order valence-corrected chi connectivity index (χ3v) is 2.34. The van der Waals surface area contributed by atoms with Gasteiger partial charge in [0.25, 0.3) is 0 Å². The summed E-state index contributed by atoms with van der Waals surface area (Å²) in [5, 5.41) is 5.55. The molecule has 0 aromatic carbocycles. The summed E-state index contributed by atoms with van der Waals surface area (Å²) in [5.41, 5.74) is 2.94. The predicted octanol–water partition coefficient (Wildman–Crippen LogP) is 2.02. The molecule has 0 N–H and O–H groups in total. The smallest absolute Gasteiger partial charge is 0.161 e. The highest BCUT2D eigenvalue weighted by Crippen LogP contribution is 2.20. The highest BCUT2D eigenvalue weighted by Gasteiger charge is 2.12. The van der Waals surface area contributed by atoms with Crippen molar-refractivity contribution in [3.63, 3.8) is 0 Å². The monoisotopic (exact) mass is 190 g/mol. The van der Waals surface area contributed by atoms with E-state index in [-0.39, 0.29) is 0 Å². The van der Waals surface area contributed by atoms with Gasteiger partial charge in [0, 0.05) is 6.04 Å². The van der Waals surface area contributed by atoms with Gasteiger partial charge in [0.05, 0.1) is 16.8 Å². The molecule has 0 atom stereocenters. The maximum absolute atomic E-state index is 4.46. The standard InChI is InChI=1S/C10H14N4/c1-6(2)14-10-9(8(4)13-14)7(3)11-5-12-10/h5-6H,1-4H3. The van der Waals surface area contributed by atoms with Gasteiger partial charge in [-0.15, -0.1) is 0 Å². The van der Waals surface area contributed by atoms with Crippen LogP contribution in [0.5, 0.6) is 0 Å². The molecule has 0 radical (unpaired) electrons. The van der Waals surface area contributed by atoms with Crippen LogP contribution in [-0.2, 0) is 0 Å². The zero-order valence-electron chi connectivity index (χ0n) is 8.94. The third-order valence-electron chi connectivity index (χ3n) is 2.34. The van der Waals surface area contributed by atoms with Crippen LogP contribution in [0.1, 0.15) is 31.3 Å². The topological polar surface area (TPSA) is 43.6 Å². The van der Waals surface area contributed by atoms with Crippen molar-refractivity contribution < 1.29 is 0 Å². The molecule has 2 heterocycles. The van der Waals surface area contributed by atoms with Crippen LogP contribution in [0.2, 0.25) is 0 Å². The second-order valence-electron chi connectivity index (χ2n) is 3.78. The van der Waals surface area contributed by atoms with Crippen LogP contribution in [0.3, 0.4) is 0 Å². The molecule has 0 spiro atoms. The molecular weight excluding hydrogens is 176 g/mol. The quantitative estimate of drug-likeness (QED) is 0.691. The van der Waals surface area contributed by atoms with Gasteiger partial charge in [-0.1, -0.05) is 0 Å². The van der Waals surface area contributed by atoms with E-state index < -0.39 is 0 Å². The first-order chi connectivity index (χ1) is 6.61. The van der Waals surface area contributed by atoms with Gasteiger partial charge in [-0.05, 0) is 27.7 Å². The van der Waals surface area contributed by atoms with Crippen molar-refractivity contribution in [2.75, 3.05) is 0 Å². The lowest BCUT2D eigenvalue weighted by Gasteiger charge is -2.05. The van der Waals surface area contributed by atoms with Crippen molar-refractivity contribution in [2.45, 2.75) is 33.7 Å². The summed E-state index contributed by atoms with van der Waals surface area (Å²) in [6.07, 6.45) is 1.59. The van der Waals surface area contributed by atoms with Gasteiger partial charge in [-0.3, -0.25) is 0 Å². The van der Waals surface area contributed by atoms with Crippen LogP contribution in [0.25, 0.3) is 11.0 Å². The van der Waals surface area contributed by atoms with Gasteiger partial charge in [0.1, 0.15) is 6.33 Å². The van der Waals surface area contributed by atoms with Crippen molar-refractivity contribution in [1.29, 1.82) is 0 Å². The maximum atomic E-state index is 4.46. The molecule has 0 saturated heterocycles. The largest absolute Gasteiger partial charge is 0.244 e. The van der Waals surface area contributed by atoms with Crippen molar-refractivity contribution in [3.05, 3.63) is 17.7 Å². The van der Waals surface area contributed by atoms with Gasteiger partial charge in [-0.25, -0.2) is 14.6 Å². The van der Waals surface area contributed by atoms with Crippen LogP contribution in [0, 0.1) is 13.8 Å². The minimum atomic E-state index is 0.334. The Morgan fingerprint density at radius 3 is 2.50 bits per heavy atom. The van der Waals surface area contributed by atoms with E-state index in [0.717, 1.165) is 22.4 Å². The molecule has 74 valence electrons. The first kappa shape index (κ1) is 9.12. The summed E-state index contributed by atoms with van der Waals surface area (Å²) < 4.78 is 1.94. The van der Waals surface area contributed by atoms with Crippen molar-refractivity contribution in [3.8, 4) is 0 Å². The molecule has 4 heteroatoms. The first-order valence-corrected chi connectivity index (χ1v) is 4.77. The van der Waals surface area contributed by atoms with Crippen molar-refractivity contribution >= 4 is 11.0 Å². The molecule has 4 nitrogen and oxygen atoms in total. The Labute approximate surface area is 83.0 Å². The van der Waals surface area contributed by atoms with E-state index in [1.54, 1.807) is 6.33 Å². The summed E-state index contributed by atoms with van der Waals surface area (Å²) in [6, 6.07) is 0.334. The minimum absolute atomic E-state index is 0.334. The van der Waals surface area contributed by atoms with E-state index in [0.29, 0.717) is 6.04 Å². The van der Waals surface area contributed by atoms with Crippen molar-refractivity contribution in [2.24, 2.45) is 0 Å². The molecule has 0 aliphatic carbocycles. The summed E-state index contributed by atoms with van der Waals surface area (Å²) in [5.74, 6) is 0. The Morgan fingerprint density at radius 1 is 1.14 bits per heavy atom. The average molecular weight is 190 g/mol. The lowest BCUT2D eigenvalue weighted by Crippen LogP contribution is -2.03. The zero-order chi connectivity index (χ0) is 10.3. The molecule has 2 rings (SSSR count). The summed E-state index contributed by atoms with van der Waals surface area (Å²) in [6.45, 7) is 8.19. The average Bonchev–Trinajstić information content (AvgIpc) is 2.45. The third kappa shape index (κ3) is 1.18. The Morgan fingerprint density at radius 2 is 1.86 bits per heavy atom. The molecule has 0 fully saturated rings. The van der Waals surface area contributed by atoms with Crippen LogP contribution < -0.4 is 0 Å². The molecule has 0 unspecified atom stereocenters. The molecule has 0 bridgehead atoms. The predicted molar refractivity (Wildman–Crippen MR) is 55.2 cm³/mol. The van der Waals surface area contributed by atoms with Crippen LogP contribution in [0.4, 0.5) is 0 Å². The number of aryl methyl sites for hydroxylation is 2. The van der Waals surface area contributed by atoms with E-state index >= 15 is 0 Å². The molecule has 0 saturated carbocycles. The minimum Gasteiger partial charge on any atom is -0.244 e.